The third-order valence-electron chi connectivity index (χ3n) is 3.67. The predicted molar refractivity (Wildman–Crippen MR) is 81.3 cm³/mol. The third kappa shape index (κ3) is 2.80. The van der Waals surface area contributed by atoms with Crippen LogP contribution < -0.4 is 5.32 Å². The molecule has 2 N–H and O–H groups in total. The molecule has 2 rings (SSSR count). The minimum atomic E-state index is -0.120. The molecule has 0 fully saturated rings. The molecule has 1 aliphatic rings. The lowest BCUT2D eigenvalue weighted by Gasteiger charge is -2.27. The topological polar surface area (TPSA) is 59.7 Å². The summed E-state index contributed by atoms with van der Waals surface area (Å²) in [6.07, 6.45) is 4.69. The van der Waals surface area contributed by atoms with Crippen LogP contribution in [-0.4, -0.2) is 5.84 Å². The lowest BCUT2D eigenvalue weighted by atomic mass is 9.78. The lowest BCUT2D eigenvalue weighted by Crippen LogP contribution is -2.26. The van der Waals surface area contributed by atoms with Crippen LogP contribution in [0.25, 0.3) is 0 Å². The van der Waals surface area contributed by atoms with Gasteiger partial charge in [0.15, 0.2) is 0 Å². The maximum absolute atomic E-state index is 9.21. The predicted octanol–water partition coefficient (Wildman–Crippen LogP) is 3.67. The van der Waals surface area contributed by atoms with Crippen molar-refractivity contribution in [3.8, 4) is 6.07 Å². The average molecular weight is 265 g/mol. The van der Waals surface area contributed by atoms with Gasteiger partial charge in [0.25, 0.3) is 0 Å². The summed E-state index contributed by atoms with van der Waals surface area (Å²) in [5.74, 6) is 0.364. The fourth-order valence-corrected chi connectivity index (χ4v) is 2.22. The number of nitrogens with zero attached hydrogens (tertiary/aromatic N) is 1. The molecule has 0 saturated heterocycles. The Morgan fingerprint density at radius 3 is 2.70 bits per heavy atom. The number of hydrogen-bond acceptors (Lipinski definition) is 2. The van der Waals surface area contributed by atoms with E-state index >= 15 is 0 Å². The fourth-order valence-electron chi connectivity index (χ4n) is 2.22. The van der Waals surface area contributed by atoms with Crippen LogP contribution in [-0.2, 0) is 0 Å². The lowest BCUT2D eigenvalue weighted by molar-refractivity contribution is 0.459. The van der Waals surface area contributed by atoms with E-state index in [-0.39, 0.29) is 5.41 Å². The van der Waals surface area contributed by atoms with Gasteiger partial charge in [-0.05, 0) is 25.0 Å². The van der Waals surface area contributed by atoms with Crippen LogP contribution >= 0.6 is 0 Å². The number of nitrogens with one attached hydrogen (secondary N) is 2. The number of allylic oxidation sites excluding steroid dienone is 3. The molecule has 0 amide bonds. The Labute approximate surface area is 120 Å². The number of benzene rings is 1. The molecule has 0 atom stereocenters. The van der Waals surface area contributed by atoms with Crippen LogP contribution in [0.5, 0.6) is 0 Å². The summed E-state index contributed by atoms with van der Waals surface area (Å²) in [6, 6.07) is 10.1. The van der Waals surface area contributed by atoms with Crippen LogP contribution in [0.2, 0.25) is 0 Å². The fraction of sp³-hybridized carbons (Fsp3) is 0.294. The van der Waals surface area contributed by atoms with E-state index in [0.29, 0.717) is 5.84 Å². The average Bonchev–Trinajstić information content (AvgIpc) is 2.41. The smallest absolute Gasteiger partial charge is 0.130 e. The SMILES string of the molecule is Cc1ccccc1C(=N)NC1=CCC(C)(C)C(C#N)=C1. The Morgan fingerprint density at radius 2 is 2.05 bits per heavy atom. The zero-order valence-corrected chi connectivity index (χ0v) is 12.1. The van der Waals surface area contributed by atoms with Crippen LogP contribution in [0.1, 0.15) is 31.4 Å². The third-order valence-corrected chi connectivity index (χ3v) is 3.67. The van der Waals surface area contributed by atoms with Gasteiger partial charge in [0.05, 0.1) is 6.07 Å². The van der Waals surface area contributed by atoms with E-state index < -0.39 is 0 Å². The highest BCUT2D eigenvalue weighted by atomic mass is 14.9. The summed E-state index contributed by atoms with van der Waals surface area (Å²) >= 11 is 0. The maximum atomic E-state index is 9.21. The van der Waals surface area contributed by atoms with Crippen molar-refractivity contribution in [2.45, 2.75) is 27.2 Å². The number of aryl methyl sites for hydroxylation is 1. The highest BCUT2D eigenvalue weighted by molar-refractivity contribution is 5.98. The van der Waals surface area contributed by atoms with E-state index in [9.17, 15) is 5.26 Å². The molecule has 0 saturated carbocycles. The van der Waals surface area contributed by atoms with Gasteiger partial charge in [0.1, 0.15) is 5.84 Å². The second-order valence-corrected chi connectivity index (χ2v) is 5.73. The number of amidine groups is 1. The van der Waals surface area contributed by atoms with Gasteiger partial charge in [-0.2, -0.15) is 5.26 Å². The molecular weight excluding hydrogens is 246 g/mol. The molecule has 102 valence electrons. The molecular formula is C17H19N3. The van der Waals surface area contributed by atoms with Crippen molar-refractivity contribution in [2.24, 2.45) is 5.41 Å². The Balaban J connectivity index is 2.19. The minimum Gasteiger partial charge on any atom is -0.340 e. The molecule has 0 heterocycles. The maximum Gasteiger partial charge on any atom is 0.130 e. The first-order valence-corrected chi connectivity index (χ1v) is 6.68. The van der Waals surface area contributed by atoms with Crippen molar-refractivity contribution in [2.75, 3.05) is 0 Å². The number of rotatable bonds is 2. The van der Waals surface area contributed by atoms with Gasteiger partial charge >= 0.3 is 0 Å². The van der Waals surface area contributed by atoms with E-state index in [4.69, 9.17) is 5.41 Å². The van der Waals surface area contributed by atoms with Crippen LogP contribution in [0, 0.1) is 29.1 Å². The molecule has 0 radical (unpaired) electrons. The highest BCUT2D eigenvalue weighted by Gasteiger charge is 2.26. The first-order chi connectivity index (χ1) is 9.44. The second-order valence-electron chi connectivity index (χ2n) is 5.73. The van der Waals surface area contributed by atoms with Crippen molar-refractivity contribution in [1.29, 1.82) is 10.7 Å². The van der Waals surface area contributed by atoms with Gasteiger partial charge in [-0.3, -0.25) is 5.41 Å². The summed E-state index contributed by atoms with van der Waals surface area (Å²) in [5, 5.41) is 20.5. The van der Waals surface area contributed by atoms with E-state index in [1.54, 1.807) is 0 Å². The molecule has 1 aromatic carbocycles. The van der Waals surface area contributed by atoms with E-state index in [2.05, 4.69) is 25.2 Å². The van der Waals surface area contributed by atoms with Crippen molar-refractivity contribution in [1.82, 2.24) is 5.32 Å². The zero-order chi connectivity index (χ0) is 14.8. The van der Waals surface area contributed by atoms with Crippen LogP contribution in [0.4, 0.5) is 0 Å². The zero-order valence-electron chi connectivity index (χ0n) is 12.1. The molecule has 3 heteroatoms. The largest absolute Gasteiger partial charge is 0.340 e. The van der Waals surface area contributed by atoms with Gasteiger partial charge in [-0.1, -0.05) is 44.2 Å². The Hall–Kier alpha value is -2.34. The number of hydrogen-bond donors (Lipinski definition) is 2. The van der Waals surface area contributed by atoms with E-state index in [1.165, 1.54) is 0 Å². The van der Waals surface area contributed by atoms with E-state index in [0.717, 1.165) is 28.8 Å². The first-order valence-electron chi connectivity index (χ1n) is 6.68. The summed E-state index contributed by atoms with van der Waals surface area (Å²) in [5.41, 5.74) is 3.40. The van der Waals surface area contributed by atoms with Gasteiger partial charge < -0.3 is 5.32 Å². The molecule has 20 heavy (non-hydrogen) atoms. The van der Waals surface area contributed by atoms with E-state index in [1.807, 2.05) is 43.3 Å². The second kappa shape index (κ2) is 5.34. The van der Waals surface area contributed by atoms with Gasteiger partial charge in [0, 0.05) is 22.2 Å². The Kier molecular flexibility index (Phi) is 3.76. The summed E-state index contributed by atoms with van der Waals surface area (Å²) in [7, 11) is 0. The molecule has 1 aromatic rings. The number of nitriles is 1. The van der Waals surface area contributed by atoms with Gasteiger partial charge in [0.2, 0.25) is 0 Å². The normalized spacial score (nSPS) is 16.7. The standard InChI is InChI=1S/C17H19N3/c1-12-6-4-5-7-15(12)16(19)20-14-8-9-17(2,3)13(10-14)11-18/h4-8,10H,9H2,1-3H3,(H2,19,20). The van der Waals surface area contributed by atoms with Crippen molar-refractivity contribution < 1.29 is 0 Å². The Morgan fingerprint density at radius 1 is 1.35 bits per heavy atom. The van der Waals surface area contributed by atoms with Crippen LogP contribution in [0.3, 0.4) is 0 Å². The molecule has 0 aliphatic heterocycles. The first kappa shape index (κ1) is 14.1. The molecule has 0 spiro atoms. The molecule has 0 unspecified atom stereocenters. The monoisotopic (exact) mass is 265 g/mol. The molecule has 3 nitrogen and oxygen atoms in total. The molecule has 0 aromatic heterocycles. The summed E-state index contributed by atoms with van der Waals surface area (Å²) in [4.78, 5) is 0. The van der Waals surface area contributed by atoms with Gasteiger partial charge in [-0.25, -0.2) is 0 Å². The minimum absolute atomic E-state index is 0.120. The quantitative estimate of drug-likeness (QED) is 0.633. The van der Waals surface area contributed by atoms with Gasteiger partial charge in [-0.15, -0.1) is 0 Å². The molecule has 1 aliphatic carbocycles. The van der Waals surface area contributed by atoms with Crippen molar-refractivity contribution >= 4 is 5.84 Å². The summed E-state index contributed by atoms with van der Waals surface area (Å²) < 4.78 is 0. The molecule has 0 bridgehead atoms. The van der Waals surface area contributed by atoms with Crippen molar-refractivity contribution in [3.05, 3.63) is 58.8 Å². The summed E-state index contributed by atoms with van der Waals surface area (Å²) in [6.45, 7) is 6.10. The van der Waals surface area contributed by atoms with Crippen LogP contribution in [0.15, 0.2) is 47.7 Å². The Bertz CT molecular complexity index is 642. The van der Waals surface area contributed by atoms with Crippen molar-refractivity contribution in [3.63, 3.8) is 0 Å². The highest BCUT2D eigenvalue weighted by Crippen LogP contribution is 2.34.